The highest BCUT2D eigenvalue weighted by Gasteiger charge is 2.27. The molecule has 0 bridgehead atoms. The molecule has 1 aliphatic rings. The Labute approximate surface area is 124 Å². The maximum absolute atomic E-state index is 12.5. The van der Waals surface area contributed by atoms with E-state index in [9.17, 15) is 8.42 Å². The van der Waals surface area contributed by atoms with Crippen LogP contribution in [0.15, 0.2) is 29.4 Å². The molecule has 6 nitrogen and oxygen atoms in total. The zero-order valence-electron chi connectivity index (χ0n) is 12.0. The molecular weight excluding hydrogens is 288 g/mol. The van der Waals surface area contributed by atoms with Crippen molar-refractivity contribution in [3.63, 3.8) is 0 Å². The van der Waals surface area contributed by atoms with E-state index in [1.165, 1.54) is 10.8 Å². The van der Waals surface area contributed by atoms with Crippen molar-refractivity contribution in [3.8, 4) is 0 Å². The molecule has 3 N–H and O–H groups in total. The Morgan fingerprint density at radius 3 is 2.95 bits per heavy atom. The third-order valence-electron chi connectivity index (χ3n) is 4.13. The number of imidazole rings is 1. The van der Waals surface area contributed by atoms with Gasteiger partial charge in [0.05, 0.1) is 0 Å². The predicted octanol–water partition coefficient (Wildman–Crippen LogP) is 1.63. The number of hydrogen-bond acceptors (Lipinski definition) is 4. The van der Waals surface area contributed by atoms with Gasteiger partial charge in [-0.05, 0) is 36.8 Å². The Balaban J connectivity index is 1.85. The molecule has 2 atom stereocenters. The molecule has 0 saturated heterocycles. The van der Waals surface area contributed by atoms with Gasteiger partial charge >= 0.3 is 0 Å². The average molecular weight is 308 g/mol. The zero-order valence-corrected chi connectivity index (χ0v) is 12.8. The topological polar surface area (TPSA) is 89.5 Å². The van der Waals surface area contributed by atoms with Gasteiger partial charge in [0, 0.05) is 12.7 Å². The normalized spacial score (nSPS) is 22.9. The number of fused-ring (bicyclic) bond motifs is 1. The van der Waals surface area contributed by atoms with Crippen molar-refractivity contribution in [2.45, 2.75) is 31.2 Å². The van der Waals surface area contributed by atoms with Gasteiger partial charge in [-0.2, -0.15) is 0 Å². The summed E-state index contributed by atoms with van der Waals surface area (Å²) >= 11 is 0. The van der Waals surface area contributed by atoms with E-state index >= 15 is 0 Å². The van der Waals surface area contributed by atoms with Gasteiger partial charge in [0.1, 0.15) is 5.65 Å². The van der Waals surface area contributed by atoms with Gasteiger partial charge < -0.3 is 5.73 Å². The van der Waals surface area contributed by atoms with Gasteiger partial charge in [-0.15, -0.1) is 0 Å². The van der Waals surface area contributed by atoms with Crippen LogP contribution in [0, 0.1) is 11.8 Å². The zero-order chi connectivity index (χ0) is 15.0. The fourth-order valence-electron chi connectivity index (χ4n) is 3.06. The second-order valence-electron chi connectivity index (χ2n) is 5.87. The average Bonchev–Trinajstić information content (AvgIpc) is 2.99. The lowest BCUT2D eigenvalue weighted by Crippen LogP contribution is -2.30. The lowest BCUT2D eigenvalue weighted by molar-refractivity contribution is 0.497. The van der Waals surface area contributed by atoms with E-state index in [4.69, 9.17) is 5.73 Å². The van der Waals surface area contributed by atoms with Gasteiger partial charge in [-0.25, -0.2) is 18.1 Å². The second-order valence-corrected chi connectivity index (χ2v) is 7.55. The van der Waals surface area contributed by atoms with Gasteiger partial charge in [0.2, 0.25) is 0 Å². The van der Waals surface area contributed by atoms with Crippen LogP contribution in [-0.4, -0.2) is 24.3 Å². The van der Waals surface area contributed by atoms with Crippen LogP contribution in [0.2, 0.25) is 0 Å². The number of nitrogens with one attached hydrogen (secondary N) is 1. The summed E-state index contributed by atoms with van der Waals surface area (Å²) < 4.78 is 29.2. The van der Waals surface area contributed by atoms with E-state index in [0.717, 1.165) is 12.8 Å². The summed E-state index contributed by atoms with van der Waals surface area (Å²) in [6.45, 7) is 2.67. The van der Waals surface area contributed by atoms with Crippen LogP contribution in [0.4, 0.5) is 5.82 Å². The van der Waals surface area contributed by atoms with Crippen molar-refractivity contribution in [1.82, 2.24) is 14.1 Å². The third-order valence-corrected chi connectivity index (χ3v) is 5.59. The molecular formula is C14H20N4O2S. The highest BCUT2D eigenvalue weighted by atomic mass is 32.2. The quantitative estimate of drug-likeness (QED) is 0.898. The Hall–Kier alpha value is -1.60. The largest absolute Gasteiger partial charge is 0.381 e. The maximum atomic E-state index is 12.5. The predicted molar refractivity (Wildman–Crippen MR) is 81.3 cm³/mol. The molecule has 114 valence electrons. The SMILES string of the molecule is CC1CCC(CNS(=O)(=O)c2c(N)nc3ccccn23)C1. The van der Waals surface area contributed by atoms with Gasteiger partial charge in [-0.1, -0.05) is 19.4 Å². The standard InChI is InChI=1S/C14H20N4O2S/c1-10-5-6-11(8-10)9-16-21(19,20)14-13(15)17-12-4-2-3-7-18(12)14/h2-4,7,10-11,16H,5-6,8-9,15H2,1H3. The molecule has 7 heteroatoms. The summed E-state index contributed by atoms with van der Waals surface area (Å²) in [5.74, 6) is 1.13. The van der Waals surface area contributed by atoms with Crippen LogP contribution >= 0.6 is 0 Å². The molecule has 21 heavy (non-hydrogen) atoms. The first-order valence-electron chi connectivity index (χ1n) is 7.19. The molecule has 0 amide bonds. The van der Waals surface area contributed by atoms with Crippen LogP contribution in [0.3, 0.4) is 0 Å². The Morgan fingerprint density at radius 2 is 2.24 bits per heavy atom. The Kier molecular flexibility index (Phi) is 3.62. The molecule has 1 aliphatic carbocycles. The number of nitrogens with zero attached hydrogens (tertiary/aromatic N) is 2. The first-order chi connectivity index (χ1) is 9.97. The van der Waals surface area contributed by atoms with Gasteiger partial charge in [-0.3, -0.25) is 4.40 Å². The van der Waals surface area contributed by atoms with Crippen molar-refractivity contribution in [1.29, 1.82) is 0 Å². The molecule has 2 aromatic heterocycles. The first-order valence-corrected chi connectivity index (χ1v) is 8.68. The minimum Gasteiger partial charge on any atom is -0.381 e. The molecule has 3 rings (SSSR count). The minimum atomic E-state index is -3.65. The number of sulfonamides is 1. The smallest absolute Gasteiger partial charge is 0.260 e. The number of anilines is 1. The first kappa shape index (κ1) is 14.3. The van der Waals surface area contributed by atoms with E-state index in [1.807, 2.05) is 0 Å². The number of aromatic nitrogens is 2. The van der Waals surface area contributed by atoms with Crippen LogP contribution < -0.4 is 10.5 Å². The molecule has 1 fully saturated rings. The second kappa shape index (κ2) is 5.31. The number of hydrogen-bond donors (Lipinski definition) is 2. The Morgan fingerprint density at radius 1 is 1.43 bits per heavy atom. The van der Waals surface area contributed by atoms with Crippen molar-refractivity contribution in [2.75, 3.05) is 12.3 Å². The van der Waals surface area contributed by atoms with Crippen molar-refractivity contribution in [3.05, 3.63) is 24.4 Å². The summed E-state index contributed by atoms with van der Waals surface area (Å²) in [6, 6.07) is 5.28. The minimum absolute atomic E-state index is 0.0316. The van der Waals surface area contributed by atoms with E-state index in [2.05, 4.69) is 16.6 Å². The van der Waals surface area contributed by atoms with Crippen molar-refractivity contribution < 1.29 is 8.42 Å². The summed E-state index contributed by atoms with van der Waals surface area (Å²) in [6.07, 6.45) is 4.98. The van der Waals surface area contributed by atoms with E-state index in [1.54, 1.807) is 24.4 Å². The fraction of sp³-hybridized carbons (Fsp3) is 0.500. The molecule has 2 heterocycles. The lowest BCUT2D eigenvalue weighted by atomic mass is 10.1. The molecule has 1 saturated carbocycles. The van der Waals surface area contributed by atoms with Gasteiger partial charge in [0.25, 0.3) is 10.0 Å². The van der Waals surface area contributed by atoms with E-state index < -0.39 is 10.0 Å². The van der Waals surface area contributed by atoms with Crippen LogP contribution in [0.1, 0.15) is 26.2 Å². The molecule has 2 unspecified atom stereocenters. The van der Waals surface area contributed by atoms with Crippen LogP contribution in [0.5, 0.6) is 0 Å². The number of nitrogen functional groups attached to an aromatic ring is 1. The summed E-state index contributed by atoms with van der Waals surface area (Å²) in [7, 11) is -3.65. The highest BCUT2D eigenvalue weighted by molar-refractivity contribution is 7.89. The molecule has 0 aromatic carbocycles. The Bertz CT molecular complexity index is 753. The van der Waals surface area contributed by atoms with E-state index in [-0.39, 0.29) is 10.8 Å². The highest BCUT2D eigenvalue weighted by Crippen LogP contribution is 2.30. The maximum Gasteiger partial charge on any atom is 0.260 e. The summed E-state index contributed by atoms with van der Waals surface area (Å²) in [5, 5.41) is 0.0316. The molecule has 2 aromatic rings. The van der Waals surface area contributed by atoms with Crippen molar-refractivity contribution in [2.24, 2.45) is 11.8 Å². The van der Waals surface area contributed by atoms with Crippen LogP contribution in [0.25, 0.3) is 5.65 Å². The molecule has 0 aliphatic heterocycles. The molecule has 0 spiro atoms. The van der Waals surface area contributed by atoms with Crippen molar-refractivity contribution >= 4 is 21.5 Å². The number of pyridine rings is 1. The van der Waals surface area contributed by atoms with E-state index in [0.29, 0.717) is 24.0 Å². The number of rotatable bonds is 4. The van der Waals surface area contributed by atoms with Gasteiger partial charge in [0.15, 0.2) is 10.8 Å². The lowest BCUT2D eigenvalue weighted by Gasteiger charge is -2.11. The number of nitrogens with two attached hydrogens (primary N) is 1. The third kappa shape index (κ3) is 2.75. The summed E-state index contributed by atoms with van der Waals surface area (Å²) in [4.78, 5) is 4.09. The summed E-state index contributed by atoms with van der Waals surface area (Å²) in [5.41, 5.74) is 6.33. The fourth-order valence-corrected chi connectivity index (χ4v) is 4.39. The monoisotopic (exact) mass is 308 g/mol. The van der Waals surface area contributed by atoms with Crippen LogP contribution in [-0.2, 0) is 10.0 Å². The molecule has 0 radical (unpaired) electrons.